The molecule has 3 rings (SSSR count). The van der Waals surface area contributed by atoms with Gasteiger partial charge in [0, 0.05) is 57.4 Å². The Hall–Kier alpha value is -2.12. The van der Waals surface area contributed by atoms with E-state index in [0.717, 1.165) is 63.0 Å². The summed E-state index contributed by atoms with van der Waals surface area (Å²) in [5.41, 5.74) is 1.16. The van der Waals surface area contributed by atoms with Crippen LogP contribution in [0.15, 0.2) is 40.8 Å². The number of rotatable bonds is 7. The Bertz CT molecular complexity index is 720. The molecule has 7 heteroatoms. The summed E-state index contributed by atoms with van der Waals surface area (Å²) in [6.45, 7) is 8.16. The third kappa shape index (κ3) is 6.21. The van der Waals surface area contributed by atoms with Gasteiger partial charge < -0.3 is 20.4 Å². The summed E-state index contributed by atoms with van der Waals surface area (Å²) in [7, 11) is 3.98. The van der Waals surface area contributed by atoms with Crippen LogP contribution in [0.1, 0.15) is 17.4 Å². The molecule has 0 amide bonds. The molecule has 2 aromatic heterocycles. The molecule has 28 heavy (non-hydrogen) atoms. The molecule has 6 nitrogen and oxygen atoms in total. The van der Waals surface area contributed by atoms with Crippen LogP contribution in [0.25, 0.3) is 0 Å². The number of thiophene rings is 1. The lowest BCUT2D eigenvalue weighted by molar-refractivity contribution is 0.312. The Kier molecular flexibility index (Phi) is 7.68. The van der Waals surface area contributed by atoms with E-state index >= 15 is 0 Å². The van der Waals surface area contributed by atoms with Gasteiger partial charge in [0.15, 0.2) is 5.96 Å². The van der Waals surface area contributed by atoms with Crippen LogP contribution in [0.5, 0.6) is 0 Å². The van der Waals surface area contributed by atoms with Crippen LogP contribution in [0.3, 0.4) is 0 Å². The molecule has 0 radical (unpaired) electrons. The summed E-state index contributed by atoms with van der Waals surface area (Å²) in [5, 5.41) is 8.95. The van der Waals surface area contributed by atoms with Crippen molar-refractivity contribution in [3.8, 4) is 0 Å². The topological polar surface area (TPSA) is 55.8 Å². The third-order valence-corrected chi connectivity index (χ3v) is 5.97. The van der Waals surface area contributed by atoms with Gasteiger partial charge in [0.1, 0.15) is 5.82 Å². The molecule has 1 unspecified atom stereocenters. The van der Waals surface area contributed by atoms with Crippen LogP contribution in [0, 0.1) is 5.92 Å². The van der Waals surface area contributed by atoms with Crippen LogP contribution in [-0.2, 0) is 13.0 Å². The average molecular weight is 401 g/mol. The number of likely N-dealkylation sites (N-methyl/N-ethyl adjacent to an activating group) is 1. The van der Waals surface area contributed by atoms with Gasteiger partial charge in [-0.05, 0) is 42.5 Å². The molecule has 1 saturated heterocycles. The first-order chi connectivity index (χ1) is 13.6. The monoisotopic (exact) mass is 400 g/mol. The number of pyridine rings is 1. The molecule has 3 heterocycles. The number of anilines is 1. The van der Waals surface area contributed by atoms with Crippen LogP contribution >= 0.6 is 11.3 Å². The van der Waals surface area contributed by atoms with Crippen LogP contribution in [-0.4, -0.2) is 62.7 Å². The fraction of sp³-hybridized carbons (Fsp3) is 0.524. The largest absolute Gasteiger partial charge is 0.356 e. The maximum Gasteiger partial charge on any atom is 0.191 e. The van der Waals surface area contributed by atoms with Gasteiger partial charge in [-0.15, -0.1) is 11.3 Å². The molecule has 2 aromatic rings. The first-order valence-electron chi connectivity index (χ1n) is 9.99. The van der Waals surface area contributed by atoms with Crippen molar-refractivity contribution in [3.63, 3.8) is 0 Å². The number of piperazine rings is 1. The van der Waals surface area contributed by atoms with Crippen LogP contribution in [0.2, 0.25) is 0 Å². The summed E-state index contributed by atoms with van der Waals surface area (Å²) in [5.74, 6) is 2.46. The van der Waals surface area contributed by atoms with Crippen molar-refractivity contribution in [1.29, 1.82) is 0 Å². The van der Waals surface area contributed by atoms with Crippen molar-refractivity contribution in [2.75, 3.05) is 51.7 Å². The van der Waals surface area contributed by atoms with Gasteiger partial charge in [-0.1, -0.05) is 19.1 Å². The molecule has 152 valence electrons. The third-order valence-electron chi connectivity index (χ3n) is 5.07. The smallest absolute Gasteiger partial charge is 0.191 e. The van der Waals surface area contributed by atoms with E-state index in [4.69, 9.17) is 0 Å². The van der Waals surface area contributed by atoms with Crippen molar-refractivity contribution in [3.05, 3.63) is 46.3 Å². The van der Waals surface area contributed by atoms with Gasteiger partial charge in [0.25, 0.3) is 0 Å². The molecule has 2 N–H and O–H groups in total. The molecule has 0 bridgehead atoms. The Morgan fingerprint density at radius 3 is 2.68 bits per heavy atom. The molecule has 1 aliphatic rings. The van der Waals surface area contributed by atoms with E-state index in [9.17, 15) is 0 Å². The van der Waals surface area contributed by atoms with Crippen molar-refractivity contribution < 1.29 is 0 Å². The average Bonchev–Trinajstić information content (AvgIpc) is 3.22. The summed E-state index contributed by atoms with van der Waals surface area (Å²) < 4.78 is 0. The van der Waals surface area contributed by atoms with E-state index in [1.807, 2.05) is 24.6 Å². The highest BCUT2D eigenvalue weighted by molar-refractivity contribution is 7.09. The minimum Gasteiger partial charge on any atom is -0.356 e. The van der Waals surface area contributed by atoms with Gasteiger partial charge in [-0.3, -0.25) is 4.99 Å². The lowest BCUT2D eigenvalue weighted by Crippen LogP contribution is -2.44. The van der Waals surface area contributed by atoms with E-state index in [0.29, 0.717) is 5.92 Å². The van der Waals surface area contributed by atoms with Crippen LogP contribution < -0.4 is 15.5 Å². The Labute approximate surface area is 172 Å². The highest BCUT2D eigenvalue weighted by atomic mass is 32.1. The first-order valence-corrected chi connectivity index (χ1v) is 10.9. The van der Waals surface area contributed by atoms with E-state index in [2.05, 4.69) is 74.0 Å². The zero-order chi connectivity index (χ0) is 19.8. The summed E-state index contributed by atoms with van der Waals surface area (Å²) in [6, 6.07) is 8.60. The Morgan fingerprint density at radius 2 is 2.04 bits per heavy atom. The minimum atomic E-state index is 0.557. The van der Waals surface area contributed by atoms with E-state index < -0.39 is 0 Å². The highest BCUT2D eigenvalue weighted by Gasteiger charge is 2.15. The second-order valence-corrected chi connectivity index (χ2v) is 8.54. The van der Waals surface area contributed by atoms with E-state index in [1.54, 1.807) is 0 Å². The zero-order valence-corrected chi connectivity index (χ0v) is 18.0. The highest BCUT2D eigenvalue weighted by Crippen LogP contribution is 2.14. The van der Waals surface area contributed by atoms with Gasteiger partial charge >= 0.3 is 0 Å². The number of hydrogen-bond donors (Lipinski definition) is 2. The second kappa shape index (κ2) is 10.4. The molecule has 0 aromatic carbocycles. The van der Waals surface area contributed by atoms with E-state index in [1.165, 1.54) is 4.88 Å². The lowest BCUT2D eigenvalue weighted by Gasteiger charge is -2.33. The summed E-state index contributed by atoms with van der Waals surface area (Å²) in [4.78, 5) is 15.1. The molecule has 0 aliphatic carbocycles. The van der Waals surface area contributed by atoms with Gasteiger partial charge in [-0.25, -0.2) is 4.98 Å². The summed E-state index contributed by atoms with van der Waals surface area (Å²) in [6.07, 6.45) is 3.06. The maximum absolute atomic E-state index is 4.66. The van der Waals surface area contributed by atoms with Crippen molar-refractivity contribution >= 4 is 23.1 Å². The SMILES string of the molecule is CN=C(NCc1ccc(N2CCN(C)CC2)nc1)NCC(C)Cc1cccs1. The summed E-state index contributed by atoms with van der Waals surface area (Å²) >= 11 is 1.82. The molecule has 0 saturated carbocycles. The molecule has 0 spiro atoms. The Morgan fingerprint density at radius 1 is 1.21 bits per heavy atom. The molecule has 1 aliphatic heterocycles. The van der Waals surface area contributed by atoms with Crippen LogP contribution in [0.4, 0.5) is 5.82 Å². The number of nitrogens with zero attached hydrogens (tertiary/aromatic N) is 4. The van der Waals surface area contributed by atoms with Gasteiger partial charge in [0.2, 0.25) is 0 Å². The molecule has 1 atom stereocenters. The fourth-order valence-electron chi connectivity index (χ4n) is 3.27. The zero-order valence-electron chi connectivity index (χ0n) is 17.2. The lowest BCUT2D eigenvalue weighted by atomic mass is 10.1. The van der Waals surface area contributed by atoms with E-state index in [-0.39, 0.29) is 0 Å². The van der Waals surface area contributed by atoms with Gasteiger partial charge in [-0.2, -0.15) is 0 Å². The molecule has 1 fully saturated rings. The predicted molar refractivity (Wildman–Crippen MR) is 119 cm³/mol. The normalized spacial score (nSPS) is 16.8. The number of nitrogens with one attached hydrogen (secondary N) is 2. The fourth-order valence-corrected chi connectivity index (χ4v) is 4.14. The predicted octanol–water partition coefficient (Wildman–Crippen LogP) is 2.44. The number of hydrogen-bond acceptors (Lipinski definition) is 5. The van der Waals surface area contributed by atoms with Crippen molar-refractivity contribution in [2.45, 2.75) is 19.9 Å². The molecular formula is C21H32N6S. The quantitative estimate of drug-likeness (QED) is 0.552. The second-order valence-electron chi connectivity index (χ2n) is 7.51. The standard InChI is InChI=1S/C21H32N6S/c1-17(13-19-5-4-12-28-19)14-24-21(22-2)25-16-18-6-7-20(23-15-18)27-10-8-26(3)9-11-27/h4-7,12,15,17H,8-11,13-14,16H2,1-3H3,(H2,22,24,25). The molecular weight excluding hydrogens is 368 g/mol. The number of guanidine groups is 1. The minimum absolute atomic E-state index is 0.557. The number of aliphatic imine (C=N–C) groups is 1. The first kappa shape index (κ1) is 20.6. The van der Waals surface area contributed by atoms with Crippen molar-refractivity contribution in [2.24, 2.45) is 10.9 Å². The maximum atomic E-state index is 4.66. The number of aromatic nitrogens is 1. The van der Waals surface area contributed by atoms with Gasteiger partial charge in [0.05, 0.1) is 0 Å². The Balaban J connectivity index is 1.42. The van der Waals surface area contributed by atoms with Crippen molar-refractivity contribution in [1.82, 2.24) is 20.5 Å².